The second-order valence-electron chi connectivity index (χ2n) is 6.55. The van der Waals surface area contributed by atoms with Gasteiger partial charge in [-0.25, -0.2) is 0 Å². The molecule has 0 aliphatic heterocycles. The molecule has 1 N–H and O–H groups in total. The Kier molecular flexibility index (Phi) is 5.84. The summed E-state index contributed by atoms with van der Waals surface area (Å²) in [5.41, 5.74) is 2.52. The maximum Gasteiger partial charge on any atom is 0.278 e. The van der Waals surface area contributed by atoms with E-state index in [-0.39, 0.29) is 28.7 Å². The van der Waals surface area contributed by atoms with Gasteiger partial charge in [-0.2, -0.15) is 0 Å². The van der Waals surface area contributed by atoms with Gasteiger partial charge in [-0.3, -0.25) is 14.9 Å². The van der Waals surface area contributed by atoms with Crippen LogP contribution in [0.25, 0.3) is 0 Å². The molecule has 0 aliphatic carbocycles. The highest BCUT2D eigenvalue weighted by Crippen LogP contribution is 2.28. The SMILES string of the molecule is Cc1cc(C)cc(OCc2c(C(=O)Nc3cc([N+](=O)[O-])ccc3Cl)noc2C)c1. The zero-order valence-corrected chi connectivity index (χ0v) is 16.7. The largest absolute Gasteiger partial charge is 0.489 e. The van der Waals surface area contributed by atoms with Crippen molar-refractivity contribution in [3.63, 3.8) is 0 Å². The maximum atomic E-state index is 12.7. The molecule has 0 atom stereocenters. The molecule has 1 heterocycles. The van der Waals surface area contributed by atoms with Gasteiger partial charge in [-0.1, -0.05) is 22.8 Å². The number of non-ortho nitro benzene ring substituents is 1. The van der Waals surface area contributed by atoms with Gasteiger partial charge < -0.3 is 14.6 Å². The number of amides is 1. The lowest BCUT2D eigenvalue weighted by atomic mass is 10.1. The summed E-state index contributed by atoms with van der Waals surface area (Å²) >= 11 is 6.04. The van der Waals surface area contributed by atoms with Crippen molar-refractivity contribution in [3.8, 4) is 5.75 Å². The zero-order valence-electron chi connectivity index (χ0n) is 16.0. The molecule has 8 nitrogen and oxygen atoms in total. The van der Waals surface area contributed by atoms with Crippen LogP contribution < -0.4 is 10.1 Å². The van der Waals surface area contributed by atoms with Crippen LogP contribution in [-0.4, -0.2) is 16.0 Å². The van der Waals surface area contributed by atoms with Crippen molar-refractivity contribution in [1.29, 1.82) is 0 Å². The Labute approximate surface area is 171 Å². The minimum atomic E-state index is -0.608. The first-order valence-electron chi connectivity index (χ1n) is 8.66. The molecule has 0 saturated heterocycles. The van der Waals surface area contributed by atoms with E-state index < -0.39 is 10.8 Å². The van der Waals surface area contributed by atoms with Gasteiger partial charge in [0, 0.05) is 12.1 Å². The van der Waals surface area contributed by atoms with Crippen LogP contribution in [0.4, 0.5) is 11.4 Å². The van der Waals surface area contributed by atoms with Crippen LogP contribution >= 0.6 is 11.6 Å². The summed E-state index contributed by atoms with van der Waals surface area (Å²) in [6.45, 7) is 5.67. The number of halogens is 1. The summed E-state index contributed by atoms with van der Waals surface area (Å²) in [5, 5.41) is 17.5. The third kappa shape index (κ3) is 4.72. The van der Waals surface area contributed by atoms with Crippen molar-refractivity contribution in [2.45, 2.75) is 27.4 Å². The average molecular weight is 416 g/mol. The third-order valence-electron chi connectivity index (χ3n) is 4.19. The zero-order chi connectivity index (χ0) is 21.1. The minimum Gasteiger partial charge on any atom is -0.489 e. The quantitative estimate of drug-likeness (QED) is 0.448. The van der Waals surface area contributed by atoms with Crippen molar-refractivity contribution in [2.75, 3.05) is 5.32 Å². The second kappa shape index (κ2) is 8.32. The Morgan fingerprint density at radius 3 is 2.55 bits per heavy atom. The van der Waals surface area contributed by atoms with Gasteiger partial charge in [0.05, 0.1) is 21.2 Å². The maximum absolute atomic E-state index is 12.7. The van der Waals surface area contributed by atoms with Crippen LogP contribution in [0, 0.1) is 30.9 Å². The fourth-order valence-electron chi connectivity index (χ4n) is 2.82. The predicted octanol–water partition coefficient (Wildman–Crippen LogP) is 4.99. The van der Waals surface area contributed by atoms with Crippen LogP contribution in [0.2, 0.25) is 5.02 Å². The van der Waals surface area contributed by atoms with Gasteiger partial charge in [-0.15, -0.1) is 0 Å². The normalized spacial score (nSPS) is 10.6. The number of anilines is 1. The molecular weight excluding hydrogens is 398 g/mol. The highest BCUT2D eigenvalue weighted by atomic mass is 35.5. The second-order valence-corrected chi connectivity index (χ2v) is 6.96. The number of hydrogen-bond donors (Lipinski definition) is 1. The molecule has 3 rings (SSSR count). The van der Waals surface area contributed by atoms with E-state index in [0.717, 1.165) is 11.1 Å². The Bertz CT molecular complexity index is 1070. The van der Waals surface area contributed by atoms with Crippen LogP contribution in [0.1, 0.15) is 32.9 Å². The number of aryl methyl sites for hydroxylation is 3. The summed E-state index contributed by atoms with van der Waals surface area (Å²) in [5.74, 6) is 0.490. The van der Waals surface area contributed by atoms with Gasteiger partial charge in [0.15, 0.2) is 5.69 Å². The monoisotopic (exact) mass is 415 g/mol. The van der Waals surface area contributed by atoms with Crippen molar-refractivity contribution in [3.05, 3.63) is 79.7 Å². The number of rotatable bonds is 6. The number of hydrogen-bond acceptors (Lipinski definition) is 6. The summed E-state index contributed by atoms with van der Waals surface area (Å²) < 4.78 is 11.0. The first kappa shape index (κ1) is 20.3. The number of nitro benzene ring substituents is 1. The molecule has 3 aromatic rings. The van der Waals surface area contributed by atoms with E-state index in [1.807, 2.05) is 32.0 Å². The fraction of sp³-hybridized carbons (Fsp3) is 0.200. The van der Waals surface area contributed by atoms with E-state index in [9.17, 15) is 14.9 Å². The fourth-order valence-corrected chi connectivity index (χ4v) is 2.98. The molecule has 0 spiro atoms. The van der Waals surface area contributed by atoms with E-state index in [4.69, 9.17) is 20.9 Å². The predicted molar refractivity (Wildman–Crippen MR) is 108 cm³/mol. The molecule has 0 radical (unpaired) electrons. The molecule has 0 bridgehead atoms. The van der Waals surface area contributed by atoms with E-state index in [1.54, 1.807) is 6.92 Å². The standard InChI is InChI=1S/C20H18ClN3O5/c1-11-6-12(2)8-15(7-11)28-10-16-13(3)29-23-19(16)20(25)22-18-9-14(24(26)27)4-5-17(18)21/h4-9H,10H2,1-3H3,(H,22,25). The number of benzene rings is 2. The van der Waals surface area contributed by atoms with Crippen molar-refractivity contribution >= 4 is 28.9 Å². The van der Waals surface area contributed by atoms with Crippen LogP contribution in [0.15, 0.2) is 40.9 Å². The summed E-state index contributed by atoms with van der Waals surface area (Å²) in [6, 6.07) is 9.57. The number of carbonyl (C=O) groups is 1. The van der Waals surface area contributed by atoms with Crippen molar-refractivity contribution < 1.29 is 19.0 Å². The number of nitrogens with zero attached hydrogens (tertiary/aromatic N) is 2. The van der Waals surface area contributed by atoms with Crippen molar-refractivity contribution in [2.24, 2.45) is 0 Å². The van der Waals surface area contributed by atoms with E-state index in [1.165, 1.54) is 18.2 Å². The van der Waals surface area contributed by atoms with Crippen LogP contribution in [-0.2, 0) is 6.61 Å². The number of nitrogens with one attached hydrogen (secondary N) is 1. The molecule has 29 heavy (non-hydrogen) atoms. The van der Waals surface area contributed by atoms with E-state index in [0.29, 0.717) is 17.1 Å². The molecule has 150 valence electrons. The number of carbonyl (C=O) groups excluding carboxylic acids is 1. The first-order valence-corrected chi connectivity index (χ1v) is 9.04. The molecular formula is C20H18ClN3O5. The van der Waals surface area contributed by atoms with Gasteiger partial charge in [0.1, 0.15) is 18.1 Å². The van der Waals surface area contributed by atoms with Gasteiger partial charge in [0.25, 0.3) is 11.6 Å². The number of aromatic nitrogens is 1. The Hall–Kier alpha value is -3.39. The van der Waals surface area contributed by atoms with Gasteiger partial charge >= 0.3 is 0 Å². The Balaban J connectivity index is 1.81. The highest BCUT2D eigenvalue weighted by Gasteiger charge is 2.22. The lowest BCUT2D eigenvalue weighted by Crippen LogP contribution is -2.16. The lowest BCUT2D eigenvalue weighted by Gasteiger charge is -2.09. The van der Waals surface area contributed by atoms with Gasteiger partial charge in [0.2, 0.25) is 0 Å². The average Bonchev–Trinajstić information content (AvgIpc) is 3.01. The number of ether oxygens (including phenoxy) is 1. The van der Waals surface area contributed by atoms with Crippen LogP contribution in [0.5, 0.6) is 5.75 Å². The number of nitro groups is 1. The first-order chi connectivity index (χ1) is 13.7. The molecule has 0 unspecified atom stereocenters. The molecule has 1 amide bonds. The van der Waals surface area contributed by atoms with E-state index in [2.05, 4.69) is 10.5 Å². The molecule has 0 fully saturated rings. The summed E-state index contributed by atoms with van der Waals surface area (Å²) in [6.07, 6.45) is 0. The minimum absolute atomic E-state index is 0.0226. The third-order valence-corrected chi connectivity index (χ3v) is 4.52. The van der Waals surface area contributed by atoms with Crippen molar-refractivity contribution in [1.82, 2.24) is 5.16 Å². The summed E-state index contributed by atoms with van der Waals surface area (Å²) in [4.78, 5) is 23.1. The lowest BCUT2D eigenvalue weighted by molar-refractivity contribution is -0.384. The molecule has 0 saturated carbocycles. The molecule has 0 aliphatic rings. The Morgan fingerprint density at radius 1 is 1.21 bits per heavy atom. The molecule has 2 aromatic carbocycles. The topological polar surface area (TPSA) is 108 Å². The highest BCUT2D eigenvalue weighted by molar-refractivity contribution is 6.34. The smallest absolute Gasteiger partial charge is 0.278 e. The molecule has 1 aromatic heterocycles. The van der Waals surface area contributed by atoms with E-state index >= 15 is 0 Å². The van der Waals surface area contributed by atoms with Crippen LogP contribution in [0.3, 0.4) is 0 Å². The Morgan fingerprint density at radius 2 is 1.90 bits per heavy atom. The molecule has 9 heteroatoms. The summed E-state index contributed by atoms with van der Waals surface area (Å²) in [7, 11) is 0. The van der Waals surface area contributed by atoms with Gasteiger partial charge in [-0.05, 0) is 50.1 Å².